The first-order chi connectivity index (χ1) is 38.2. The minimum absolute atomic E-state index is 0.0639. The summed E-state index contributed by atoms with van der Waals surface area (Å²) in [5, 5.41) is 6.96. The molecule has 4 aromatic carbocycles. The minimum Gasteiger partial charge on any atom is -0.451 e. The summed E-state index contributed by atoms with van der Waals surface area (Å²) in [5.41, 5.74) is 3.51. The van der Waals surface area contributed by atoms with E-state index in [0.717, 1.165) is 60.1 Å². The summed E-state index contributed by atoms with van der Waals surface area (Å²) in [5.74, 6) is -1.79. The van der Waals surface area contributed by atoms with E-state index in [9.17, 15) is 19.2 Å². The Kier molecular flexibility index (Phi) is 17.4. The Hall–Kier alpha value is -7.24. The van der Waals surface area contributed by atoms with Crippen molar-refractivity contribution >= 4 is 23.8 Å². The summed E-state index contributed by atoms with van der Waals surface area (Å²) in [6.07, 6.45) is 12.5. The van der Waals surface area contributed by atoms with Crippen LogP contribution in [0.2, 0.25) is 0 Å². The predicted octanol–water partition coefficient (Wildman–Crippen LogP) is 8.07. The number of rotatable bonds is 18. The second-order valence-corrected chi connectivity index (χ2v) is 21.2. The van der Waals surface area contributed by atoms with E-state index >= 15 is 0 Å². The fraction of sp³-hybridized carbons (Fsp3) is 0.419. The van der Waals surface area contributed by atoms with Crippen LogP contribution in [0.4, 0.5) is 0 Å². The van der Waals surface area contributed by atoms with Gasteiger partial charge in [0.25, 0.3) is 11.8 Å². The van der Waals surface area contributed by atoms with Crippen LogP contribution in [-0.4, -0.2) is 143 Å². The highest BCUT2D eigenvalue weighted by Gasteiger charge is 2.49. The zero-order valence-electron chi connectivity index (χ0n) is 44.8. The minimum atomic E-state index is -1.18. The van der Waals surface area contributed by atoms with Gasteiger partial charge in [-0.15, -0.1) is 0 Å². The maximum atomic E-state index is 14.9. The number of nitrogens with zero attached hydrogens (tertiary/aromatic N) is 6. The number of piperazine rings is 2. The monoisotopic (exact) mass is 1060 g/mol. The van der Waals surface area contributed by atoms with Gasteiger partial charge in [0.05, 0.1) is 49.3 Å². The third-order valence-electron chi connectivity index (χ3n) is 16.2. The fourth-order valence-corrected chi connectivity index (χ4v) is 12.6. The van der Waals surface area contributed by atoms with Gasteiger partial charge in [-0.05, 0) is 62.5 Å². The molecular formula is C62H72N8O8. The number of ether oxygens (including phenoxy) is 4. The molecule has 2 aliphatic carbocycles. The number of carbonyl (C=O) groups excluding carboxylic acids is 4. The molecule has 0 unspecified atom stereocenters. The first kappa shape index (κ1) is 54.1. The van der Waals surface area contributed by atoms with Crippen molar-refractivity contribution in [3.63, 3.8) is 0 Å². The molecule has 0 radical (unpaired) electrons. The van der Waals surface area contributed by atoms with Crippen molar-refractivity contribution in [3.8, 4) is 22.5 Å². The van der Waals surface area contributed by atoms with Crippen LogP contribution >= 0.6 is 0 Å². The van der Waals surface area contributed by atoms with E-state index in [1.165, 1.54) is 0 Å². The molecule has 4 fully saturated rings. The number of benzene rings is 4. The van der Waals surface area contributed by atoms with Gasteiger partial charge in [-0.2, -0.15) is 0 Å². The van der Waals surface area contributed by atoms with Crippen molar-refractivity contribution < 1.29 is 38.1 Å². The first-order valence-corrected chi connectivity index (χ1v) is 27.7. The summed E-state index contributed by atoms with van der Waals surface area (Å²) in [6.45, 7) is 3.83. The van der Waals surface area contributed by atoms with Gasteiger partial charge in [0.15, 0.2) is 22.6 Å². The molecule has 2 aliphatic heterocycles. The molecule has 0 bridgehead atoms. The summed E-state index contributed by atoms with van der Waals surface area (Å²) in [7, 11) is 3.16. The SMILES string of the molecule is COC[C@]1(OC(=O)/C=C/C(=O)O[C@@]2(COC)CCCC[C@H]2n2cnc(C(=O)N3CCNC[C@H]3Cc3ccccc3)c2-c2ccccc2)CCCC[C@H]1n1cnc(C(=O)N2CCNC[C@H]2Cc2ccccc2)c1-c1ccccc1. The average molecular weight is 1060 g/mol. The van der Waals surface area contributed by atoms with Crippen molar-refractivity contribution in [2.45, 2.75) is 99.6 Å². The molecule has 6 atom stereocenters. The number of amides is 2. The Labute approximate surface area is 457 Å². The lowest BCUT2D eigenvalue weighted by Gasteiger charge is -2.44. The lowest BCUT2D eigenvalue weighted by Crippen LogP contribution is -2.54. The van der Waals surface area contributed by atoms with Gasteiger partial charge >= 0.3 is 11.9 Å². The van der Waals surface area contributed by atoms with E-state index in [-0.39, 0.29) is 37.1 Å². The van der Waals surface area contributed by atoms with Gasteiger partial charge in [-0.1, -0.05) is 134 Å². The fourth-order valence-electron chi connectivity index (χ4n) is 12.6. The Morgan fingerprint density at radius 1 is 0.551 bits per heavy atom. The molecule has 10 rings (SSSR count). The highest BCUT2D eigenvalue weighted by Crippen LogP contribution is 2.46. The second kappa shape index (κ2) is 25.0. The van der Waals surface area contributed by atoms with Crippen LogP contribution in [0.25, 0.3) is 22.5 Å². The number of carbonyl (C=O) groups is 4. The quantitative estimate of drug-likeness (QED) is 0.0628. The maximum absolute atomic E-state index is 14.9. The Balaban J connectivity index is 0.910. The highest BCUT2D eigenvalue weighted by atomic mass is 16.6. The molecule has 16 nitrogen and oxygen atoms in total. The molecule has 2 amide bonds. The highest BCUT2D eigenvalue weighted by molar-refractivity contribution is 5.99. The number of hydrogen-bond acceptors (Lipinski definition) is 12. The number of nitrogens with one attached hydrogen (secondary N) is 2. The predicted molar refractivity (Wildman–Crippen MR) is 297 cm³/mol. The van der Waals surface area contributed by atoms with Crippen LogP contribution in [0.5, 0.6) is 0 Å². The number of esters is 2. The topological polar surface area (TPSA) is 171 Å². The van der Waals surface area contributed by atoms with E-state index in [4.69, 9.17) is 28.9 Å². The molecule has 4 heterocycles. The van der Waals surface area contributed by atoms with Gasteiger partial charge in [-0.25, -0.2) is 19.6 Å². The van der Waals surface area contributed by atoms with E-state index in [1.807, 2.05) is 116 Å². The van der Waals surface area contributed by atoms with Crippen LogP contribution < -0.4 is 10.6 Å². The normalized spacial score (nSPS) is 23.7. The third kappa shape index (κ3) is 11.8. The average Bonchev–Trinajstić information content (AvgIpc) is 4.30. The second-order valence-electron chi connectivity index (χ2n) is 21.2. The van der Waals surface area contributed by atoms with Crippen LogP contribution in [-0.2, 0) is 41.4 Å². The van der Waals surface area contributed by atoms with E-state index in [2.05, 4.69) is 34.9 Å². The van der Waals surface area contributed by atoms with Gasteiger partial charge < -0.3 is 48.5 Å². The Morgan fingerprint density at radius 2 is 0.936 bits per heavy atom. The summed E-state index contributed by atoms with van der Waals surface area (Å²) in [4.78, 5) is 72.0. The maximum Gasteiger partial charge on any atom is 0.331 e. The van der Waals surface area contributed by atoms with Crippen LogP contribution in [0.3, 0.4) is 0 Å². The van der Waals surface area contributed by atoms with Gasteiger partial charge in [0.2, 0.25) is 0 Å². The molecule has 4 aliphatic rings. The number of imidazole rings is 2. The molecule has 6 aromatic rings. The van der Waals surface area contributed by atoms with Crippen molar-refractivity contribution in [3.05, 3.63) is 169 Å². The number of hydrogen-bond donors (Lipinski definition) is 2. The van der Waals surface area contributed by atoms with E-state index < -0.39 is 35.2 Å². The van der Waals surface area contributed by atoms with Crippen molar-refractivity contribution in [1.29, 1.82) is 0 Å². The summed E-state index contributed by atoms with van der Waals surface area (Å²) >= 11 is 0. The standard InChI is InChI=1S/C62H72N8O8/c1-75-41-61(31-17-15-27-51(61)69-43-65-55(57(69)47-23-11-5-12-24-47)59(73)67-35-33-63-39-49(67)37-45-19-7-3-8-20-45)77-53(71)29-30-54(72)78-62(42-76-2)32-18-16-28-52(62)70-44-66-56(58(70)48-25-13-6-14-26-48)60(74)68-36-34-64-40-50(68)38-46-21-9-4-10-22-46/h3-14,19-26,29-30,43-44,49-52,63-64H,15-18,27-28,31-42H2,1-2H3/b30-29+/t49-,50-,51-,52-,61-,62-/m1/s1. The molecule has 408 valence electrons. The summed E-state index contributed by atoms with van der Waals surface area (Å²) < 4.78 is 28.9. The lowest BCUT2D eigenvalue weighted by atomic mass is 9.79. The van der Waals surface area contributed by atoms with Crippen LogP contribution in [0.15, 0.2) is 146 Å². The molecule has 2 N–H and O–H groups in total. The van der Waals surface area contributed by atoms with Gasteiger partial charge in [-0.3, -0.25) is 9.59 Å². The van der Waals surface area contributed by atoms with Crippen molar-refractivity contribution in [2.75, 3.05) is 66.7 Å². The van der Waals surface area contributed by atoms with Crippen molar-refractivity contribution in [1.82, 2.24) is 39.5 Å². The van der Waals surface area contributed by atoms with Gasteiger partial charge in [0, 0.05) is 88.9 Å². The first-order valence-electron chi connectivity index (χ1n) is 27.7. The molecule has 2 saturated carbocycles. The van der Waals surface area contributed by atoms with Gasteiger partial charge in [0.1, 0.15) is 0 Å². The molecule has 2 saturated heterocycles. The Bertz CT molecular complexity index is 2800. The number of aromatic nitrogens is 4. The van der Waals surface area contributed by atoms with Crippen LogP contribution in [0.1, 0.15) is 95.6 Å². The molecule has 0 spiro atoms. The van der Waals surface area contributed by atoms with E-state index in [1.54, 1.807) is 26.9 Å². The zero-order chi connectivity index (χ0) is 53.9. The molecule has 78 heavy (non-hydrogen) atoms. The smallest absolute Gasteiger partial charge is 0.331 e. The molecule has 16 heteroatoms. The Morgan fingerprint density at radius 3 is 1.32 bits per heavy atom. The van der Waals surface area contributed by atoms with Crippen LogP contribution in [0, 0.1) is 0 Å². The molecular weight excluding hydrogens is 985 g/mol. The molecule has 2 aromatic heterocycles. The third-order valence-corrected chi connectivity index (χ3v) is 16.2. The largest absolute Gasteiger partial charge is 0.451 e. The lowest BCUT2D eigenvalue weighted by molar-refractivity contribution is -0.175. The van der Waals surface area contributed by atoms with Crippen molar-refractivity contribution in [2.24, 2.45) is 0 Å². The number of methoxy groups -OCH3 is 2. The van der Waals surface area contributed by atoms with E-state index in [0.29, 0.717) is 101 Å². The zero-order valence-corrected chi connectivity index (χ0v) is 44.8. The summed E-state index contributed by atoms with van der Waals surface area (Å²) in [6, 6.07) is 38.8.